The maximum absolute atomic E-state index is 6.05. The average molecular weight is 619 g/mol. The molecule has 0 saturated carbocycles. The van der Waals surface area contributed by atoms with E-state index >= 15 is 0 Å². The number of aryl methyl sites for hydroxylation is 2. The van der Waals surface area contributed by atoms with Gasteiger partial charge in [0, 0.05) is 37.4 Å². The molecule has 3 aromatic carbocycles. The minimum atomic E-state index is 0. The van der Waals surface area contributed by atoms with Gasteiger partial charge in [0.25, 0.3) is 0 Å². The monoisotopic (exact) mass is 619 g/mol. The molecule has 34 heavy (non-hydrogen) atoms. The third-order valence-electron chi connectivity index (χ3n) is 5.34. The van der Waals surface area contributed by atoms with Crippen molar-refractivity contribution >= 4 is 21.9 Å². The summed E-state index contributed by atoms with van der Waals surface area (Å²) in [7, 11) is 0. The van der Waals surface area contributed by atoms with Crippen molar-refractivity contribution in [1.82, 2.24) is 9.97 Å². The Morgan fingerprint density at radius 2 is 1.56 bits per heavy atom. The van der Waals surface area contributed by atoms with Crippen LogP contribution in [0, 0.1) is 26.0 Å². The Morgan fingerprint density at radius 3 is 2.32 bits per heavy atom. The molecule has 3 aromatic heterocycles. The van der Waals surface area contributed by atoms with Crippen molar-refractivity contribution in [1.29, 1.82) is 0 Å². The maximum atomic E-state index is 6.05. The summed E-state index contributed by atoms with van der Waals surface area (Å²) in [5.41, 5.74) is 7.81. The summed E-state index contributed by atoms with van der Waals surface area (Å²) < 4.78 is 6.05. The Labute approximate surface area is 212 Å². The van der Waals surface area contributed by atoms with Crippen LogP contribution in [0.25, 0.3) is 44.5 Å². The van der Waals surface area contributed by atoms with Gasteiger partial charge in [-0.1, -0.05) is 52.9 Å². The molecule has 1 radical (unpaired) electrons. The first-order valence-electron chi connectivity index (χ1n) is 10.8. The van der Waals surface area contributed by atoms with Crippen molar-refractivity contribution < 1.29 is 24.5 Å². The average Bonchev–Trinajstić information content (AvgIpc) is 3.24. The van der Waals surface area contributed by atoms with Crippen LogP contribution in [-0.4, -0.2) is 9.97 Å². The molecule has 0 spiro atoms. The van der Waals surface area contributed by atoms with Crippen LogP contribution in [0.15, 0.2) is 102 Å². The van der Waals surface area contributed by atoms with E-state index < -0.39 is 0 Å². The predicted octanol–water partition coefficient (Wildman–Crippen LogP) is 7.61. The standard InChI is InChI=1S/C19H14NO.C11H8N.Ir/c1-12-10-13(2)20-17(11-12)16-8-5-7-15-14-6-3-4-9-18(14)21-19(15)16;1-2-6-10(7-3-1)11-8-4-5-9-12-11;/h3-7,9-11H,1-2H3;1-6,8-9H;/q2*-1;. The van der Waals surface area contributed by atoms with Crippen molar-refractivity contribution in [3.8, 4) is 22.5 Å². The Bertz CT molecular complexity index is 1470. The van der Waals surface area contributed by atoms with Crippen LogP contribution in [0.4, 0.5) is 0 Å². The first kappa shape index (κ1) is 23.6. The smallest absolute Gasteiger partial charge is 0.120 e. The largest absolute Gasteiger partial charge is 0.501 e. The SMILES string of the molecule is Cc1cc(C)nc(-c2[c-]ccc3c2oc2ccccc23)c1.[Ir].[c-]1ccccc1-c1ccccn1. The molecule has 0 fully saturated rings. The maximum Gasteiger partial charge on any atom is 0.120 e. The molecule has 0 bridgehead atoms. The molecule has 0 aliphatic rings. The van der Waals surface area contributed by atoms with Gasteiger partial charge < -0.3 is 14.4 Å². The topological polar surface area (TPSA) is 38.9 Å². The number of rotatable bonds is 2. The van der Waals surface area contributed by atoms with Gasteiger partial charge in [-0.3, -0.25) is 0 Å². The molecule has 0 atom stereocenters. The minimum absolute atomic E-state index is 0. The van der Waals surface area contributed by atoms with Gasteiger partial charge in [-0.2, -0.15) is 0 Å². The van der Waals surface area contributed by atoms with E-state index in [1.807, 2.05) is 79.7 Å². The fraction of sp³-hybridized carbons (Fsp3) is 0.0667. The summed E-state index contributed by atoms with van der Waals surface area (Å²) in [5.74, 6) is 0. The Balaban J connectivity index is 0.000000180. The van der Waals surface area contributed by atoms with Gasteiger partial charge in [-0.25, -0.2) is 0 Å². The van der Waals surface area contributed by atoms with E-state index in [9.17, 15) is 0 Å². The van der Waals surface area contributed by atoms with Gasteiger partial charge in [-0.15, -0.1) is 54.1 Å². The second kappa shape index (κ2) is 10.6. The van der Waals surface area contributed by atoms with E-state index in [2.05, 4.69) is 47.2 Å². The molecular formula is C30H22IrN2O-2. The molecular weight excluding hydrogens is 597 g/mol. The Hall–Kier alpha value is -3.59. The molecule has 3 heterocycles. The van der Waals surface area contributed by atoms with Crippen LogP contribution in [0.3, 0.4) is 0 Å². The molecule has 6 aromatic rings. The molecule has 0 amide bonds. The summed E-state index contributed by atoms with van der Waals surface area (Å²) in [6.07, 6.45) is 1.79. The van der Waals surface area contributed by atoms with Crippen LogP contribution in [0.2, 0.25) is 0 Å². The van der Waals surface area contributed by atoms with Crippen LogP contribution in [0.5, 0.6) is 0 Å². The number of furan rings is 1. The molecule has 0 aliphatic heterocycles. The van der Waals surface area contributed by atoms with E-state index in [1.165, 1.54) is 5.56 Å². The van der Waals surface area contributed by atoms with Crippen molar-refractivity contribution in [3.05, 3.63) is 121 Å². The van der Waals surface area contributed by atoms with Crippen molar-refractivity contribution in [2.75, 3.05) is 0 Å². The van der Waals surface area contributed by atoms with Gasteiger partial charge in [0.1, 0.15) is 5.58 Å². The molecule has 0 N–H and O–H groups in total. The van der Waals surface area contributed by atoms with E-state index in [0.29, 0.717) is 0 Å². The van der Waals surface area contributed by atoms with Crippen molar-refractivity contribution in [2.45, 2.75) is 13.8 Å². The third-order valence-corrected chi connectivity index (χ3v) is 5.34. The van der Waals surface area contributed by atoms with E-state index in [4.69, 9.17) is 4.42 Å². The van der Waals surface area contributed by atoms with Gasteiger partial charge in [0.05, 0.1) is 5.58 Å². The van der Waals surface area contributed by atoms with Gasteiger partial charge in [0.15, 0.2) is 0 Å². The first-order valence-corrected chi connectivity index (χ1v) is 10.8. The summed E-state index contributed by atoms with van der Waals surface area (Å²) in [6, 6.07) is 36.3. The number of benzene rings is 3. The number of fused-ring (bicyclic) bond motifs is 3. The zero-order chi connectivity index (χ0) is 22.6. The number of aromatic nitrogens is 2. The number of hydrogen-bond acceptors (Lipinski definition) is 3. The van der Waals surface area contributed by atoms with Crippen LogP contribution >= 0.6 is 0 Å². The number of nitrogens with zero attached hydrogens (tertiary/aromatic N) is 2. The first-order chi connectivity index (χ1) is 16.2. The molecule has 3 nitrogen and oxygen atoms in total. The van der Waals surface area contributed by atoms with E-state index in [0.717, 1.165) is 50.1 Å². The summed E-state index contributed by atoms with van der Waals surface area (Å²) in [6.45, 7) is 4.09. The summed E-state index contributed by atoms with van der Waals surface area (Å²) in [4.78, 5) is 8.85. The van der Waals surface area contributed by atoms with E-state index in [1.54, 1.807) is 6.20 Å². The van der Waals surface area contributed by atoms with Gasteiger partial charge >= 0.3 is 0 Å². The normalized spacial score (nSPS) is 10.4. The van der Waals surface area contributed by atoms with Crippen LogP contribution < -0.4 is 0 Å². The van der Waals surface area contributed by atoms with Gasteiger partial charge in [0.2, 0.25) is 0 Å². The zero-order valence-electron chi connectivity index (χ0n) is 18.9. The fourth-order valence-corrected chi connectivity index (χ4v) is 3.92. The number of para-hydroxylation sites is 1. The minimum Gasteiger partial charge on any atom is -0.501 e. The Kier molecular flexibility index (Phi) is 7.32. The summed E-state index contributed by atoms with van der Waals surface area (Å²) in [5, 5.41) is 2.24. The van der Waals surface area contributed by atoms with Gasteiger partial charge in [-0.05, 0) is 43.4 Å². The molecule has 4 heteroatoms. The summed E-state index contributed by atoms with van der Waals surface area (Å²) >= 11 is 0. The fourth-order valence-electron chi connectivity index (χ4n) is 3.92. The second-order valence-corrected chi connectivity index (χ2v) is 7.86. The quantitative estimate of drug-likeness (QED) is 0.188. The molecule has 0 aliphatic carbocycles. The predicted molar refractivity (Wildman–Crippen MR) is 134 cm³/mol. The molecule has 6 rings (SSSR count). The van der Waals surface area contributed by atoms with Crippen LogP contribution in [-0.2, 0) is 20.1 Å². The molecule has 0 saturated heterocycles. The number of hydrogen-bond donors (Lipinski definition) is 0. The second-order valence-electron chi connectivity index (χ2n) is 7.86. The molecule has 0 unspecified atom stereocenters. The van der Waals surface area contributed by atoms with Crippen molar-refractivity contribution in [3.63, 3.8) is 0 Å². The molecule has 169 valence electrons. The number of pyridine rings is 2. The van der Waals surface area contributed by atoms with Crippen LogP contribution in [0.1, 0.15) is 11.3 Å². The Morgan fingerprint density at radius 1 is 0.735 bits per heavy atom. The van der Waals surface area contributed by atoms with E-state index in [-0.39, 0.29) is 20.1 Å². The third kappa shape index (κ3) is 4.99. The van der Waals surface area contributed by atoms with Crippen molar-refractivity contribution in [2.24, 2.45) is 0 Å². The zero-order valence-corrected chi connectivity index (χ0v) is 21.3.